The first-order valence-electron chi connectivity index (χ1n) is 7.88. The molecule has 1 aliphatic rings. The van der Waals surface area contributed by atoms with Gasteiger partial charge < -0.3 is 4.74 Å². The van der Waals surface area contributed by atoms with Gasteiger partial charge in [-0.2, -0.15) is 0 Å². The number of rotatable bonds is 6. The molecule has 0 amide bonds. The predicted octanol–water partition coefficient (Wildman–Crippen LogP) is 4.71. The van der Waals surface area contributed by atoms with Gasteiger partial charge in [0.05, 0.1) is 11.8 Å². The number of aliphatic imine (C=N–C) groups is 1. The first kappa shape index (κ1) is 14.7. The van der Waals surface area contributed by atoms with E-state index in [2.05, 4.69) is 31.2 Å². The molecule has 1 saturated heterocycles. The highest BCUT2D eigenvalue weighted by molar-refractivity contribution is 6.06. The van der Waals surface area contributed by atoms with E-state index in [0.29, 0.717) is 6.10 Å². The lowest BCUT2D eigenvalue weighted by Gasteiger charge is -2.02. The predicted molar refractivity (Wildman–Crippen MR) is 92.0 cm³/mol. The fourth-order valence-corrected chi connectivity index (χ4v) is 2.58. The maximum absolute atomic E-state index is 5.81. The van der Waals surface area contributed by atoms with E-state index in [0.717, 1.165) is 29.7 Å². The zero-order valence-corrected chi connectivity index (χ0v) is 12.9. The van der Waals surface area contributed by atoms with E-state index < -0.39 is 0 Å². The van der Waals surface area contributed by atoms with Crippen molar-refractivity contribution in [3.63, 3.8) is 0 Å². The number of hydrogen-bond acceptors (Lipinski definition) is 2. The third-order valence-electron chi connectivity index (χ3n) is 3.77. The van der Waals surface area contributed by atoms with Crippen LogP contribution < -0.4 is 0 Å². The van der Waals surface area contributed by atoms with Gasteiger partial charge in [0, 0.05) is 6.20 Å². The molecule has 0 bridgehead atoms. The van der Waals surface area contributed by atoms with Crippen molar-refractivity contribution in [2.45, 2.75) is 32.0 Å². The summed E-state index contributed by atoms with van der Waals surface area (Å²) in [5.74, 6) is 0. The Labute approximate surface area is 132 Å². The van der Waals surface area contributed by atoms with Crippen molar-refractivity contribution in [3.05, 3.63) is 78.0 Å². The van der Waals surface area contributed by atoms with Crippen LogP contribution in [0.3, 0.4) is 0 Å². The van der Waals surface area contributed by atoms with Gasteiger partial charge in [0.1, 0.15) is 6.10 Å². The lowest BCUT2D eigenvalue weighted by atomic mass is 10.0. The van der Waals surface area contributed by atoms with E-state index in [1.54, 1.807) is 0 Å². The van der Waals surface area contributed by atoms with E-state index in [-0.39, 0.29) is 6.10 Å². The van der Waals surface area contributed by atoms with Gasteiger partial charge >= 0.3 is 0 Å². The summed E-state index contributed by atoms with van der Waals surface area (Å²) in [4.78, 5) is 4.69. The molecule has 2 atom stereocenters. The normalized spacial score (nSPS) is 21.2. The average Bonchev–Trinajstić information content (AvgIpc) is 3.33. The number of nitrogens with zero attached hydrogens (tertiary/aromatic N) is 1. The summed E-state index contributed by atoms with van der Waals surface area (Å²) >= 11 is 0. The Hall–Kier alpha value is -2.19. The van der Waals surface area contributed by atoms with Crippen LogP contribution in [0.15, 0.2) is 71.9 Å². The highest BCUT2D eigenvalue weighted by Gasteiger charge is 2.42. The molecule has 0 saturated carbocycles. The van der Waals surface area contributed by atoms with Crippen molar-refractivity contribution in [2.24, 2.45) is 4.99 Å². The van der Waals surface area contributed by atoms with Gasteiger partial charge in [-0.05, 0) is 23.6 Å². The minimum Gasteiger partial charge on any atom is -0.363 e. The van der Waals surface area contributed by atoms with Gasteiger partial charge in [-0.15, -0.1) is 0 Å². The van der Waals surface area contributed by atoms with E-state index in [4.69, 9.17) is 9.73 Å². The van der Waals surface area contributed by atoms with Crippen molar-refractivity contribution in [2.75, 3.05) is 0 Å². The SMILES string of the molecule is CCC[C@H]1O[C@@H]1C(=N/C=C/c1ccccc1)c1ccccc1. The van der Waals surface area contributed by atoms with Gasteiger partial charge in [-0.3, -0.25) is 4.99 Å². The van der Waals surface area contributed by atoms with E-state index in [1.165, 1.54) is 0 Å². The van der Waals surface area contributed by atoms with Crippen LogP contribution in [0, 0.1) is 0 Å². The number of benzene rings is 2. The number of hydrogen-bond donors (Lipinski definition) is 0. The second-order valence-corrected chi connectivity index (χ2v) is 5.49. The molecular formula is C20H21NO. The third-order valence-corrected chi connectivity index (χ3v) is 3.77. The highest BCUT2D eigenvalue weighted by Crippen LogP contribution is 2.30. The summed E-state index contributed by atoms with van der Waals surface area (Å²) < 4.78 is 5.81. The standard InChI is InChI=1S/C20H21NO/c1-2-9-18-20(22-18)19(17-12-7-4-8-13-17)21-15-14-16-10-5-3-6-11-16/h3-8,10-15,18,20H,2,9H2,1H3/b15-14+,21-19?/t18-,20+/m1/s1. The maximum atomic E-state index is 5.81. The zero-order valence-electron chi connectivity index (χ0n) is 12.9. The first-order valence-corrected chi connectivity index (χ1v) is 7.88. The fraction of sp³-hybridized carbons (Fsp3) is 0.250. The van der Waals surface area contributed by atoms with E-state index in [1.807, 2.05) is 48.7 Å². The molecule has 2 nitrogen and oxygen atoms in total. The number of ether oxygens (including phenoxy) is 1. The molecule has 2 aromatic carbocycles. The minimum absolute atomic E-state index is 0.141. The highest BCUT2D eigenvalue weighted by atomic mass is 16.6. The maximum Gasteiger partial charge on any atom is 0.127 e. The summed E-state index contributed by atoms with van der Waals surface area (Å²) in [5.41, 5.74) is 3.33. The Kier molecular flexibility index (Phi) is 4.81. The quantitative estimate of drug-likeness (QED) is 0.558. The van der Waals surface area contributed by atoms with Gasteiger partial charge in [0.15, 0.2) is 0 Å². The molecule has 0 aromatic heterocycles. The van der Waals surface area contributed by atoms with Gasteiger partial charge in [-0.1, -0.05) is 74.0 Å². The second kappa shape index (κ2) is 7.19. The molecule has 0 aliphatic carbocycles. The molecule has 0 spiro atoms. The molecule has 1 heterocycles. The van der Waals surface area contributed by atoms with Gasteiger partial charge in [0.25, 0.3) is 0 Å². The largest absolute Gasteiger partial charge is 0.363 e. The van der Waals surface area contributed by atoms with Crippen molar-refractivity contribution in [1.29, 1.82) is 0 Å². The molecule has 112 valence electrons. The van der Waals surface area contributed by atoms with Crippen LogP contribution in [-0.4, -0.2) is 17.9 Å². The van der Waals surface area contributed by atoms with Gasteiger partial charge in [-0.25, -0.2) is 0 Å². The molecular weight excluding hydrogens is 270 g/mol. The lowest BCUT2D eigenvalue weighted by Crippen LogP contribution is -2.11. The van der Waals surface area contributed by atoms with Crippen molar-refractivity contribution < 1.29 is 4.74 Å². The minimum atomic E-state index is 0.141. The Morgan fingerprint density at radius 1 is 1.05 bits per heavy atom. The van der Waals surface area contributed by atoms with Crippen LogP contribution in [0.2, 0.25) is 0 Å². The van der Waals surface area contributed by atoms with Crippen LogP contribution in [-0.2, 0) is 4.74 Å². The van der Waals surface area contributed by atoms with Crippen LogP contribution in [0.4, 0.5) is 0 Å². The molecule has 1 fully saturated rings. The van der Waals surface area contributed by atoms with Crippen molar-refractivity contribution >= 4 is 11.8 Å². The third kappa shape index (κ3) is 3.71. The Balaban J connectivity index is 1.80. The molecule has 22 heavy (non-hydrogen) atoms. The van der Waals surface area contributed by atoms with Crippen molar-refractivity contribution in [1.82, 2.24) is 0 Å². The van der Waals surface area contributed by atoms with Crippen LogP contribution in [0.1, 0.15) is 30.9 Å². The monoisotopic (exact) mass is 291 g/mol. The molecule has 2 aromatic rings. The summed E-state index contributed by atoms with van der Waals surface area (Å²) in [5, 5.41) is 0. The smallest absolute Gasteiger partial charge is 0.127 e. The summed E-state index contributed by atoms with van der Waals surface area (Å²) in [6.45, 7) is 2.19. The fourth-order valence-electron chi connectivity index (χ4n) is 2.58. The molecule has 3 rings (SSSR count). The summed E-state index contributed by atoms with van der Waals surface area (Å²) in [7, 11) is 0. The lowest BCUT2D eigenvalue weighted by molar-refractivity contribution is 0.383. The second-order valence-electron chi connectivity index (χ2n) is 5.49. The van der Waals surface area contributed by atoms with Crippen LogP contribution >= 0.6 is 0 Å². The average molecular weight is 291 g/mol. The van der Waals surface area contributed by atoms with Crippen LogP contribution in [0.5, 0.6) is 0 Å². The number of epoxide rings is 1. The topological polar surface area (TPSA) is 24.9 Å². The van der Waals surface area contributed by atoms with Crippen LogP contribution in [0.25, 0.3) is 6.08 Å². The van der Waals surface area contributed by atoms with Crippen molar-refractivity contribution in [3.8, 4) is 0 Å². The van der Waals surface area contributed by atoms with Gasteiger partial charge in [0.2, 0.25) is 0 Å². The summed E-state index contributed by atoms with van der Waals surface area (Å²) in [6, 6.07) is 20.5. The van der Waals surface area contributed by atoms with E-state index >= 15 is 0 Å². The molecule has 0 unspecified atom stereocenters. The molecule has 1 aliphatic heterocycles. The summed E-state index contributed by atoms with van der Waals surface area (Å²) in [6.07, 6.45) is 6.61. The Morgan fingerprint density at radius 2 is 1.73 bits per heavy atom. The first-order chi connectivity index (χ1) is 10.9. The zero-order chi connectivity index (χ0) is 15.2. The Morgan fingerprint density at radius 3 is 2.41 bits per heavy atom. The molecule has 0 radical (unpaired) electrons. The Bertz CT molecular complexity index is 646. The van der Waals surface area contributed by atoms with E-state index in [9.17, 15) is 0 Å². The molecule has 0 N–H and O–H groups in total. The molecule has 2 heteroatoms.